The summed E-state index contributed by atoms with van der Waals surface area (Å²) in [5, 5.41) is 14.3. The first-order valence-corrected chi connectivity index (χ1v) is 7.18. The first kappa shape index (κ1) is 16.3. The van der Waals surface area contributed by atoms with Gasteiger partial charge in [0.05, 0.1) is 8.49 Å². The number of rotatable bonds is 5. The van der Waals surface area contributed by atoms with Gasteiger partial charge in [0, 0.05) is 23.6 Å². The Morgan fingerprint density at radius 1 is 1.37 bits per heavy atom. The summed E-state index contributed by atoms with van der Waals surface area (Å²) in [7, 11) is 1.80. The van der Waals surface area contributed by atoms with E-state index in [-0.39, 0.29) is 27.1 Å². The van der Waals surface area contributed by atoms with Gasteiger partial charge in [-0.3, -0.25) is 10.1 Å². The molecule has 0 bridgehead atoms. The lowest BCUT2D eigenvalue weighted by molar-refractivity contribution is -0.386. The van der Waals surface area contributed by atoms with Crippen molar-refractivity contribution in [2.75, 3.05) is 7.05 Å². The molecule has 0 aliphatic heterocycles. The standard InChI is InChI=1S/C13H18FIN2O2/c1-7(2)13(8(3)16-4)9-5-10(14)11(15)6-12(9)17(18)19/h5-8,13,16H,1-4H3. The molecule has 19 heavy (non-hydrogen) atoms. The third kappa shape index (κ3) is 3.62. The summed E-state index contributed by atoms with van der Waals surface area (Å²) in [6.45, 7) is 5.92. The highest BCUT2D eigenvalue weighted by Crippen LogP contribution is 2.36. The number of likely N-dealkylation sites (N-methyl/N-ethyl adjacent to an activating group) is 1. The number of hydrogen-bond acceptors (Lipinski definition) is 3. The van der Waals surface area contributed by atoms with E-state index in [1.807, 2.05) is 20.8 Å². The van der Waals surface area contributed by atoms with Gasteiger partial charge in [0.25, 0.3) is 5.69 Å². The van der Waals surface area contributed by atoms with Crippen molar-refractivity contribution in [1.82, 2.24) is 5.32 Å². The van der Waals surface area contributed by atoms with E-state index in [1.165, 1.54) is 12.1 Å². The van der Waals surface area contributed by atoms with Crippen molar-refractivity contribution < 1.29 is 9.31 Å². The minimum Gasteiger partial charge on any atom is -0.317 e. The highest BCUT2D eigenvalue weighted by atomic mass is 127. The van der Waals surface area contributed by atoms with E-state index in [0.29, 0.717) is 5.56 Å². The molecule has 2 unspecified atom stereocenters. The van der Waals surface area contributed by atoms with E-state index in [2.05, 4.69) is 5.32 Å². The topological polar surface area (TPSA) is 55.2 Å². The van der Waals surface area contributed by atoms with E-state index in [9.17, 15) is 14.5 Å². The molecule has 2 atom stereocenters. The molecule has 0 radical (unpaired) electrons. The molecule has 1 rings (SSSR count). The summed E-state index contributed by atoms with van der Waals surface area (Å²) < 4.78 is 14.0. The van der Waals surface area contributed by atoms with Gasteiger partial charge in [-0.1, -0.05) is 13.8 Å². The average Bonchev–Trinajstić information content (AvgIpc) is 2.32. The van der Waals surface area contributed by atoms with Crippen molar-refractivity contribution in [1.29, 1.82) is 0 Å². The second-order valence-corrected chi connectivity index (χ2v) is 6.09. The fourth-order valence-electron chi connectivity index (χ4n) is 2.36. The van der Waals surface area contributed by atoms with Crippen LogP contribution in [0.1, 0.15) is 32.3 Å². The molecule has 1 N–H and O–H groups in total. The molecule has 0 saturated carbocycles. The van der Waals surface area contributed by atoms with Gasteiger partial charge in [-0.15, -0.1) is 0 Å². The summed E-state index contributed by atoms with van der Waals surface area (Å²) in [6.07, 6.45) is 0. The molecule has 4 nitrogen and oxygen atoms in total. The molecule has 1 aromatic carbocycles. The van der Waals surface area contributed by atoms with E-state index in [4.69, 9.17) is 0 Å². The number of halogens is 2. The molecular weight excluding hydrogens is 362 g/mol. The van der Waals surface area contributed by atoms with Gasteiger partial charge in [0.15, 0.2) is 0 Å². The van der Waals surface area contributed by atoms with Crippen molar-refractivity contribution in [2.45, 2.75) is 32.7 Å². The van der Waals surface area contributed by atoms with Crippen molar-refractivity contribution in [2.24, 2.45) is 5.92 Å². The number of nitrogens with zero attached hydrogens (tertiary/aromatic N) is 1. The van der Waals surface area contributed by atoms with Gasteiger partial charge in [-0.2, -0.15) is 0 Å². The molecule has 0 aliphatic carbocycles. The zero-order valence-corrected chi connectivity index (χ0v) is 13.6. The van der Waals surface area contributed by atoms with Crippen LogP contribution in [-0.4, -0.2) is 18.0 Å². The Kier molecular flexibility index (Phi) is 5.66. The second-order valence-electron chi connectivity index (χ2n) is 4.93. The smallest absolute Gasteiger partial charge is 0.274 e. The zero-order chi connectivity index (χ0) is 14.7. The Bertz CT molecular complexity index is 480. The largest absolute Gasteiger partial charge is 0.317 e. The number of nitro groups is 1. The number of benzene rings is 1. The SMILES string of the molecule is CNC(C)C(c1cc(F)c(I)cc1[N+](=O)[O-])C(C)C. The Balaban J connectivity index is 3.44. The number of hydrogen-bond donors (Lipinski definition) is 1. The van der Waals surface area contributed by atoms with Crippen molar-refractivity contribution in [3.8, 4) is 0 Å². The highest BCUT2D eigenvalue weighted by molar-refractivity contribution is 14.1. The van der Waals surface area contributed by atoms with E-state index in [1.54, 1.807) is 29.6 Å². The zero-order valence-electron chi connectivity index (χ0n) is 11.4. The van der Waals surface area contributed by atoms with Crippen molar-refractivity contribution in [3.63, 3.8) is 0 Å². The molecule has 0 saturated heterocycles. The normalized spacial score (nSPS) is 14.5. The highest BCUT2D eigenvalue weighted by Gasteiger charge is 2.30. The van der Waals surface area contributed by atoms with Gasteiger partial charge in [-0.25, -0.2) is 4.39 Å². The Labute approximate surface area is 126 Å². The monoisotopic (exact) mass is 380 g/mol. The van der Waals surface area contributed by atoms with Crippen LogP contribution >= 0.6 is 22.6 Å². The Morgan fingerprint density at radius 2 is 1.95 bits per heavy atom. The van der Waals surface area contributed by atoms with E-state index in [0.717, 1.165) is 0 Å². The van der Waals surface area contributed by atoms with Gasteiger partial charge < -0.3 is 5.32 Å². The summed E-state index contributed by atoms with van der Waals surface area (Å²) >= 11 is 1.77. The molecule has 0 fully saturated rings. The third-order valence-corrected chi connectivity index (χ3v) is 4.16. The molecule has 106 valence electrons. The maximum atomic E-state index is 13.8. The van der Waals surface area contributed by atoms with Crippen LogP contribution < -0.4 is 5.32 Å². The molecule has 0 heterocycles. The fourth-order valence-corrected chi connectivity index (χ4v) is 2.81. The maximum absolute atomic E-state index is 13.8. The quantitative estimate of drug-likeness (QED) is 0.482. The summed E-state index contributed by atoms with van der Waals surface area (Å²) in [5.74, 6) is -0.354. The van der Waals surface area contributed by atoms with Crippen LogP contribution in [-0.2, 0) is 0 Å². The lowest BCUT2D eigenvalue weighted by Crippen LogP contribution is -2.32. The van der Waals surface area contributed by atoms with Gasteiger partial charge >= 0.3 is 0 Å². The maximum Gasteiger partial charge on any atom is 0.274 e. The summed E-state index contributed by atoms with van der Waals surface area (Å²) in [5.41, 5.74) is 0.450. The first-order valence-electron chi connectivity index (χ1n) is 6.10. The predicted molar refractivity (Wildman–Crippen MR) is 81.9 cm³/mol. The van der Waals surface area contributed by atoms with Crippen molar-refractivity contribution >= 4 is 28.3 Å². The third-order valence-electron chi connectivity index (χ3n) is 3.34. The summed E-state index contributed by atoms with van der Waals surface area (Å²) in [6, 6.07) is 2.64. The Hall–Kier alpha value is -0.760. The van der Waals surface area contributed by atoms with Crippen LogP contribution in [0.15, 0.2) is 12.1 Å². The van der Waals surface area contributed by atoms with Gasteiger partial charge in [0.1, 0.15) is 5.82 Å². The van der Waals surface area contributed by atoms with Gasteiger partial charge in [0.2, 0.25) is 0 Å². The molecular formula is C13H18FIN2O2. The molecule has 1 aromatic rings. The second kappa shape index (κ2) is 6.60. The number of nitro benzene ring substituents is 1. The molecule has 0 aliphatic rings. The first-order chi connectivity index (χ1) is 8.79. The molecule has 0 aromatic heterocycles. The number of nitrogens with one attached hydrogen (secondary N) is 1. The van der Waals surface area contributed by atoms with Crippen LogP contribution in [0.25, 0.3) is 0 Å². The van der Waals surface area contributed by atoms with E-state index < -0.39 is 10.7 Å². The molecule has 0 spiro atoms. The van der Waals surface area contributed by atoms with E-state index >= 15 is 0 Å². The molecule has 6 heteroatoms. The minimum absolute atomic E-state index is 0.00778. The average molecular weight is 380 g/mol. The van der Waals surface area contributed by atoms with Gasteiger partial charge in [-0.05, 0) is 48.5 Å². The van der Waals surface area contributed by atoms with Crippen LogP contribution in [0.2, 0.25) is 0 Å². The molecule has 0 amide bonds. The van der Waals surface area contributed by atoms with Crippen molar-refractivity contribution in [3.05, 3.63) is 37.2 Å². The fraction of sp³-hybridized carbons (Fsp3) is 0.538. The summed E-state index contributed by atoms with van der Waals surface area (Å²) in [4.78, 5) is 10.7. The Morgan fingerprint density at radius 3 is 2.37 bits per heavy atom. The van der Waals surface area contributed by atoms with Crippen LogP contribution in [0.5, 0.6) is 0 Å². The van der Waals surface area contributed by atoms with Crippen LogP contribution in [0.3, 0.4) is 0 Å². The predicted octanol–water partition coefficient (Wildman–Crippen LogP) is 3.69. The lowest BCUT2D eigenvalue weighted by Gasteiger charge is -2.27. The minimum atomic E-state index is -0.436. The lowest BCUT2D eigenvalue weighted by atomic mass is 9.82. The van der Waals surface area contributed by atoms with Crippen LogP contribution in [0.4, 0.5) is 10.1 Å². The van der Waals surface area contributed by atoms with Crippen LogP contribution in [0, 0.1) is 25.4 Å².